The summed E-state index contributed by atoms with van der Waals surface area (Å²) in [5.74, 6) is 0. The average Bonchev–Trinajstić information content (AvgIpc) is 2.52. The molecular weight excluding hydrogens is 365 g/mol. The van der Waals surface area contributed by atoms with Gasteiger partial charge in [0.25, 0.3) is 0 Å². The van der Waals surface area contributed by atoms with Crippen LogP contribution in [0.1, 0.15) is 68.4 Å². The van der Waals surface area contributed by atoms with Crippen molar-refractivity contribution in [3.63, 3.8) is 0 Å². The van der Waals surface area contributed by atoms with Crippen LogP contribution in [-0.2, 0) is 43.5 Å². The molecule has 0 spiro atoms. The topological polar surface area (TPSA) is 0 Å². The molecule has 2 aromatic carbocycles. The van der Waals surface area contributed by atoms with E-state index in [1.165, 1.54) is 40.7 Å². The maximum absolute atomic E-state index is 4.38. The summed E-state index contributed by atoms with van der Waals surface area (Å²) in [5.41, 5.74) is 8.41. The molecule has 123 valence electrons. The van der Waals surface area contributed by atoms with Crippen molar-refractivity contribution in [2.75, 3.05) is 0 Å². The van der Waals surface area contributed by atoms with Crippen molar-refractivity contribution in [2.24, 2.45) is 0 Å². The summed E-state index contributed by atoms with van der Waals surface area (Å²) in [6.45, 7) is 16.1. The van der Waals surface area contributed by atoms with Crippen LogP contribution in [0.2, 0.25) is 0 Å². The zero-order valence-corrected chi connectivity index (χ0v) is 18.5. The van der Waals surface area contributed by atoms with Gasteiger partial charge in [-0.05, 0) is 58.4 Å². The molecule has 0 unspecified atom stereocenters. The molecule has 0 nitrogen and oxygen atoms in total. The van der Waals surface area contributed by atoms with Crippen molar-refractivity contribution in [1.29, 1.82) is 0 Å². The molecule has 2 aromatic rings. The van der Waals surface area contributed by atoms with Crippen LogP contribution < -0.4 is 0 Å². The van der Waals surface area contributed by atoms with E-state index in [1.54, 1.807) is 0 Å². The van der Waals surface area contributed by atoms with Gasteiger partial charge in [-0.2, -0.15) is 30.3 Å². The van der Waals surface area contributed by atoms with E-state index >= 15 is 0 Å². The maximum atomic E-state index is 4.38. The van der Waals surface area contributed by atoms with E-state index in [0.29, 0.717) is 0 Å². The minimum absolute atomic E-state index is 0. The van der Waals surface area contributed by atoms with Gasteiger partial charge in [-0.25, -0.2) is 0 Å². The number of hydrogen-bond donors (Lipinski definition) is 0. The van der Waals surface area contributed by atoms with E-state index in [2.05, 4.69) is 71.5 Å². The second-order valence-corrected chi connectivity index (χ2v) is 8.25. The van der Waals surface area contributed by atoms with E-state index < -0.39 is 0 Å². The maximum Gasteiger partial charge on any atom is 0 e. The smallest absolute Gasteiger partial charge is 0 e. The molecule has 0 aliphatic heterocycles. The minimum atomic E-state index is 0. The van der Waals surface area contributed by atoms with Crippen LogP contribution in [0, 0.1) is 13.0 Å². The molecule has 0 N–H and O–H groups in total. The second-order valence-electron chi connectivity index (χ2n) is 8.25. The number of hydrogen-bond acceptors (Lipinski definition) is 0. The normalized spacial score (nSPS) is 17.5. The molecule has 1 radical (unpaired) electrons. The SMILES string of the molecule is C=C(c1cc[c-]cc1)c1cc2c(cc1C)C(C)(C)CCC2(C)C.[Y]. The van der Waals surface area contributed by atoms with Crippen molar-refractivity contribution in [3.8, 4) is 0 Å². The zero-order valence-electron chi connectivity index (χ0n) is 15.7. The Labute approximate surface area is 172 Å². The summed E-state index contributed by atoms with van der Waals surface area (Å²) in [6, 6.07) is 16.0. The monoisotopic (exact) mass is 392 g/mol. The van der Waals surface area contributed by atoms with Crippen molar-refractivity contribution >= 4 is 5.57 Å². The fraction of sp³-hybridized carbons (Fsp3) is 0.391. The van der Waals surface area contributed by atoms with E-state index in [4.69, 9.17) is 0 Å². The minimum Gasteiger partial charge on any atom is -0.184 e. The summed E-state index contributed by atoms with van der Waals surface area (Å²) < 4.78 is 0. The molecule has 0 amide bonds. The molecule has 0 fully saturated rings. The molecule has 1 aliphatic carbocycles. The predicted molar refractivity (Wildman–Crippen MR) is 99.9 cm³/mol. The van der Waals surface area contributed by atoms with E-state index in [9.17, 15) is 0 Å². The van der Waals surface area contributed by atoms with Crippen LogP contribution in [0.25, 0.3) is 5.57 Å². The Hall–Kier alpha value is -0.716. The van der Waals surface area contributed by atoms with Gasteiger partial charge in [0.2, 0.25) is 0 Å². The van der Waals surface area contributed by atoms with E-state index in [1.807, 2.05) is 12.1 Å². The number of benzene rings is 2. The van der Waals surface area contributed by atoms with Crippen molar-refractivity contribution in [2.45, 2.75) is 58.3 Å². The third kappa shape index (κ3) is 3.46. The van der Waals surface area contributed by atoms with Gasteiger partial charge in [0.1, 0.15) is 0 Å². The second kappa shape index (κ2) is 6.89. The summed E-state index contributed by atoms with van der Waals surface area (Å²) in [5, 5.41) is 0. The van der Waals surface area contributed by atoms with Gasteiger partial charge in [0.05, 0.1) is 0 Å². The Morgan fingerprint density at radius 2 is 1.46 bits per heavy atom. The zero-order chi connectivity index (χ0) is 16.8. The van der Waals surface area contributed by atoms with Crippen LogP contribution in [0.3, 0.4) is 0 Å². The Kier molecular flexibility index (Phi) is 5.63. The Morgan fingerprint density at radius 3 is 2.00 bits per heavy atom. The van der Waals surface area contributed by atoms with Crippen LogP contribution in [0.4, 0.5) is 0 Å². The molecule has 1 aliphatic rings. The molecular formula is C23H27Y-. The number of rotatable bonds is 2. The predicted octanol–water partition coefficient (Wildman–Crippen LogP) is 6.20. The van der Waals surface area contributed by atoms with Gasteiger partial charge < -0.3 is 0 Å². The van der Waals surface area contributed by atoms with Crippen LogP contribution in [0.15, 0.2) is 43.0 Å². The van der Waals surface area contributed by atoms with Gasteiger partial charge in [0, 0.05) is 32.7 Å². The average molecular weight is 392 g/mol. The third-order valence-corrected chi connectivity index (χ3v) is 5.59. The van der Waals surface area contributed by atoms with Gasteiger partial charge in [-0.1, -0.05) is 46.4 Å². The molecule has 0 bridgehead atoms. The largest absolute Gasteiger partial charge is 0.184 e. The van der Waals surface area contributed by atoms with Crippen molar-refractivity contribution in [1.82, 2.24) is 0 Å². The first-order chi connectivity index (χ1) is 10.7. The molecule has 0 saturated heterocycles. The molecule has 0 heterocycles. The van der Waals surface area contributed by atoms with Crippen molar-refractivity contribution < 1.29 is 32.7 Å². The van der Waals surface area contributed by atoms with E-state index in [-0.39, 0.29) is 43.5 Å². The Balaban J connectivity index is 0.00000208. The fourth-order valence-electron chi connectivity index (χ4n) is 3.79. The summed E-state index contributed by atoms with van der Waals surface area (Å²) in [4.78, 5) is 0. The molecule has 0 atom stereocenters. The van der Waals surface area contributed by atoms with E-state index in [0.717, 1.165) is 5.57 Å². The standard InChI is InChI=1S/C23H27.Y/c1-16-14-20-21(23(5,6)13-12-22(20,3)4)15-19(16)17(2)18-10-8-7-9-11-18;/h8-11,14-15H,2,12-13H2,1,3-6H3;/q-1;. The van der Waals surface area contributed by atoms with Crippen molar-refractivity contribution in [3.05, 3.63) is 76.9 Å². The molecule has 24 heavy (non-hydrogen) atoms. The molecule has 3 rings (SSSR count). The summed E-state index contributed by atoms with van der Waals surface area (Å²) >= 11 is 0. The van der Waals surface area contributed by atoms with Crippen LogP contribution >= 0.6 is 0 Å². The van der Waals surface area contributed by atoms with Gasteiger partial charge in [-0.15, -0.1) is 5.56 Å². The van der Waals surface area contributed by atoms with Gasteiger partial charge >= 0.3 is 0 Å². The van der Waals surface area contributed by atoms with Gasteiger partial charge in [0.15, 0.2) is 0 Å². The first kappa shape index (κ1) is 19.6. The molecule has 1 heteroatoms. The quantitative estimate of drug-likeness (QED) is 0.534. The molecule has 0 aromatic heterocycles. The number of fused-ring (bicyclic) bond motifs is 1. The summed E-state index contributed by atoms with van der Waals surface area (Å²) in [6.07, 6.45) is 2.49. The first-order valence-electron chi connectivity index (χ1n) is 8.54. The number of aryl methyl sites for hydroxylation is 1. The Morgan fingerprint density at radius 1 is 0.958 bits per heavy atom. The van der Waals surface area contributed by atoms with Crippen LogP contribution in [0.5, 0.6) is 0 Å². The molecule has 0 saturated carbocycles. The first-order valence-corrected chi connectivity index (χ1v) is 8.54. The third-order valence-electron chi connectivity index (χ3n) is 5.59. The van der Waals surface area contributed by atoms with Gasteiger partial charge in [-0.3, -0.25) is 0 Å². The Bertz CT molecular complexity index is 751. The fourth-order valence-corrected chi connectivity index (χ4v) is 3.79. The summed E-state index contributed by atoms with van der Waals surface area (Å²) in [7, 11) is 0. The van der Waals surface area contributed by atoms with Crippen LogP contribution in [-0.4, -0.2) is 0 Å².